The number of carbonyl (C=O) groups excluding carboxylic acids is 1. The topological polar surface area (TPSA) is 93.5 Å². The number of benzene rings is 2. The lowest BCUT2D eigenvalue weighted by Gasteiger charge is -2.08. The van der Waals surface area contributed by atoms with E-state index in [1.54, 1.807) is 24.3 Å². The SMILES string of the molecule is CNC(=O)Nc1ccc(Oc2ccc([N+](=O)[O-])c(Cl)c2)cc1. The van der Waals surface area contributed by atoms with Gasteiger partial charge in [-0.05, 0) is 30.3 Å². The van der Waals surface area contributed by atoms with Crippen LogP contribution in [0.15, 0.2) is 42.5 Å². The fourth-order valence-corrected chi connectivity index (χ4v) is 1.87. The number of anilines is 1. The molecule has 2 aromatic carbocycles. The molecular formula is C14H12ClN3O4. The predicted octanol–water partition coefficient (Wildman–Crippen LogP) is 3.79. The van der Waals surface area contributed by atoms with Crippen molar-refractivity contribution < 1.29 is 14.5 Å². The quantitative estimate of drug-likeness (QED) is 0.661. The van der Waals surface area contributed by atoms with Crippen molar-refractivity contribution in [2.45, 2.75) is 0 Å². The van der Waals surface area contributed by atoms with Crippen LogP contribution in [0.1, 0.15) is 0 Å². The van der Waals surface area contributed by atoms with Crippen molar-refractivity contribution in [3.8, 4) is 11.5 Å². The van der Waals surface area contributed by atoms with Gasteiger partial charge in [0.15, 0.2) is 0 Å². The molecule has 0 heterocycles. The Balaban J connectivity index is 2.09. The third-order valence-corrected chi connectivity index (χ3v) is 2.99. The molecule has 0 aliphatic rings. The van der Waals surface area contributed by atoms with Crippen LogP contribution in [0.3, 0.4) is 0 Å². The Bertz CT molecular complexity index is 704. The molecule has 0 unspecified atom stereocenters. The maximum atomic E-state index is 11.2. The van der Waals surface area contributed by atoms with Crippen molar-refractivity contribution in [1.29, 1.82) is 0 Å². The Labute approximate surface area is 131 Å². The third kappa shape index (κ3) is 3.86. The highest BCUT2D eigenvalue weighted by Crippen LogP contribution is 2.31. The lowest BCUT2D eigenvalue weighted by Crippen LogP contribution is -2.24. The summed E-state index contributed by atoms with van der Waals surface area (Å²) < 4.78 is 5.54. The van der Waals surface area contributed by atoms with E-state index in [2.05, 4.69) is 10.6 Å². The molecule has 0 saturated carbocycles. The zero-order chi connectivity index (χ0) is 16.1. The summed E-state index contributed by atoms with van der Waals surface area (Å²) in [6.45, 7) is 0. The molecule has 2 rings (SSSR count). The van der Waals surface area contributed by atoms with E-state index in [9.17, 15) is 14.9 Å². The summed E-state index contributed by atoms with van der Waals surface area (Å²) >= 11 is 5.81. The maximum Gasteiger partial charge on any atom is 0.318 e. The molecule has 7 nitrogen and oxygen atoms in total. The summed E-state index contributed by atoms with van der Waals surface area (Å²) in [7, 11) is 1.52. The zero-order valence-electron chi connectivity index (χ0n) is 11.5. The van der Waals surface area contributed by atoms with Crippen LogP contribution in [-0.2, 0) is 0 Å². The van der Waals surface area contributed by atoms with Gasteiger partial charge in [-0.25, -0.2) is 4.79 Å². The fraction of sp³-hybridized carbons (Fsp3) is 0.0714. The number of nitrogens with one attached hydrogen (secondary N) is 2. The monoisotopic (exact) mass is 321 g/mol. The van der Waals surface area contributed by atoms with Gasteiger partial charge in [-0.1, -0.05) is 11.6 Å². The van der Waals surface area contributed by atoms with Gasteiger partial charge >= 0.3 is 6.03 Å². The standard InChI is InChI=1S/C14H12ClN3O4/c1-16-14(19)17-9-2-4-10(5-3-9)22-11-6-7-13(18(20)21)12(15)8-11/h2-8H,1H3,(H2,16,17,19). The van der Waals surface area contributed by atoms with Crippen LogP contribution in [0.5, 0.6) is 11.5 Å². The maximum absolute atomic E-state index is 11.2. The number of halogens is 1. The van der Waals surface area contributed by atoms with E-state index in [0.717, 1.165) is 0 Å². The predicted molar refractivity (Wildman–Crippen MR) is 82.7 cm³/mol. The summed E-state index contributed by atoms with van der Waals surface area (Å²) in [5.41, 5.74) is 0.424. The fourth-order valence-electron chi connectivity index (χ4n) is 1.64. The van der Waals surface area contributed by atoms with Crippen molar-refractivity contribution in [3.05, 3.63) is 57.6 Å². The van der Waals surface area contributed by atoms with E-state index >= 15 is 0 Å². The molecule has 22 heavy (non-hydrogen) atoms. The average Bonchev–Trinajstić information content (AvgIpc) is 2.49. The van der Waals surface area contributed by atoms with Gasteiger partial charge in [0.25, 0.3) is 5.69 Å². The normalized spacial score (nSPS) is 9.91. The van der Waals surface area contributed by atoms with Crippen LogP contribution in [0.25, 0.3) is 0 Å². The average molecular weight is 322 g/mol. The van der Waals surface area contributed by atoms with Crippen LogP contribution >= 0.6 is 11.6 Å². The number of hydrogen-bond donors (Lipinski definition) is 2. The third-order valence-electron chi connectivity index (χ3n) is 2.69. The van der Waals surface area contributed by atoms with Gasteiger partial charge < -0.3 is 15.4 Å². The number of rotatable bonds is 4. The van der Waals surface area contributed by atoms with Crippen molar-refractivity contribution in [3.63, 3.8) is 0 Å². The molecule has 0 spiro atoms. The van der Waals surface area contributed by atoms with Gasteiger partial charge in [0.2, 0.25) is 0 Å². The molecule has 2 amide bonds. The highest BCUT2D eigenvalue weighted by Gasteiger charge is 2.12. The number of hydrogen-bond acceptors (Lipinski definition) is 4. The van der Waals surface area contributed by atoms with Crippen molar-refractivity contribution >= 4 is 29.0 Å². The van der Waals surface area contributed by atoms with Gasteiger partial charge in [0, 0.05) is 24.9 Å². The molecule has 0 aliphatic heterocycles. The summed E-state index contributed by atoms with van der Waals surface area (Å²) in [5, 5.41) is 15.7. The second kappa shape index (κ2) is 6.77. The van der Waals surface area contributed by atoms with Gasteiger partial charge in [-0.2, -0.15) is 0 Å². The second-order valence-electron chi connectivity index (χ2n) is 4.20. The number of urea groups is 1. The molecule has 2 N–H and O–H groups in total. The minimum atomic E-state index is -0.564. The number of amides is 2. The number of carbonyl (C=O) groups is 1. The molecule has 114 valence electrons. The number of ether oxygens (including phenoxy) is 1. The Hall–Kier alpha value is -2.80. The van der Waals surface area contributed by atoms with Crippen LogP contribution in [0, 0.1) is 10.1 Å². The molecule has 2 aromatic rings. The molecule has 8 heteroatoms. The Morgan fingerprint density at radius 1 is 1.18 bits per heavy atom. The Morgan fingerprint density at radius 3 is 2.36 bits per heavy atom. The number of nitro benzene ring substituents is 1. The van der Waals surface area contributed by atoms with E-state index in [-0.39, 0.29) is 16.7 Å². The smallest absolute Gasteiger partial charge is 0.318 e. The Morgan fingerprint density at radius 2 is 1.82 bits per heavy atom. The molecule has 0 bridgehead atoms. The minimum absolute atomic E-state index is 0.000374. The largest absolute Gasteiger partial charge is 0.457 e. The van der Waals surface area contributed by atoms with E-state index in [1.807, 2.05) is 0 Å². The lowest BCUT2D eigenvalue weighted by atomic mass is 10.3. The summed E-state index contributed by atoms with van der Waals surface area (Å²) in [5.74, 6) is 0.884. The molecule has 0 aliphatic carbocycles. The first-order valence-electron chi connectivity index (χ1n) is 6.20. The van der Waals surface area contributed by atoms with Crippen molar-refractivity contribution in [2.75, 3.05) is 12.4 Å². The van der Waals surface area contributed by atoms with E-state index in [1.165, 1.54) is 25.2 Å². The van der Waals surface area contributed by atoms with Gasteiger partial charge in [-0.15, -0.1) is 0 Å². The zero-order valence-corrected chi connectivity index (χ0v) is 12.3. The molecule has 0 fully saturated rings. The first kappa shape index (κ1) is 15.6. The molecule has 0 aromatic heterocycles. The van der Waals surface area contributed by atoms with E-state index < -0.39 is 4.92 Å². The molecule has 0 radical (unpaired) electrons. The van der Waals surface area contributed by atoms with Gasteiger partial charge in [-0.3, -0.25) is 10.1 Å². The minimum Gasteiger partial charge on any atom is -0.457 e. The highest BCUT2D eigenvalue weighted by atomic mass is 35.5. The summed E-state index contributed by atoms with van der Waals surface area (Å²) in [4.78, 5) is 21.3. The molecule has 0 saturated heterocycles. The molecule has 0 atom stereocenters. The van der Waals surface area contributed by atoms with Crippen LogP contribution in [0.2, 0.25) is 5.02 Å². The van der Waals surface area contributed by atoms with Crippen LogP contribution < -0.4 is 15.4 Å². The van der Waals surface area contributed by atoms with Crippen molar-refractivity contribution in [1.82, 2.24) is 5.32 Å². The van der Waals surface area contributed by atoms with Gasteiger partial charge in [0.05, 0.1) is 4.92 Å². The molecular weight excluding hydrogens is 310 g/mol. The number of nitro groups is 1. The van der Waals surface area contributed by atoms with E-state index in [0.29, 0.717) is 17.2 Å². The van der Waals surface area contributed by atoms with Gasteiger partial charge in [0.1, 0.15) is 16.5 Å². The Kier molecular flexibility index (Phi) is 4.80. The first-order chi connectivity index (χ1) is 10.5. The lowest BCUT2D eigenvalue weighted by molar-refractivity contribution is -0.384. The first-order valence-corrected chi connectivity index (χ1v) is 6.58. The summed E-state index contributed by atoms with van der Waals surface area (Å²) in [6.07, 6.45) is 0. The van der Waals surface area contributed by atoms with Crippen LogP contribution in [-0.4, -0.2) is 18.0 Å². The second-order valence-corrected chi connectivity index (χ2v) is 4.61. The van der Waals surface area contributed by atoms with Crippen LogP contribution in [0.4, 0.5) is 16.2 Å². The number of nitrogens with zero attached hydrogens (tertiary/aromatic N) is 1. The highest BCUT2D eigenvalue weighted by molar-refractivity contribution is 6.32. The summed E-state index contributed by atoms with van der Waals surface area (Å²) in [6, 6.07) is 10.4. The van der Waals surface area contributed by atoms with Crippen molar-refractivity contribution in [2.24, 2.45) is 0 Å². The van der Waals surface area contributed by atoms with E-state index in [4.69, 9.17) is 16.3 Å².